The Morgan fingerprint density at radius 2 is 2.06 bits per heavy atom. The normalized spacial score (nSPS) is 13.2. The van der Waals surface area contributed by atoms with Crippen LogP contribution in [0, 0.1) is 5.82 Å². The van der Waals surface area contributed by atoms with E-state index in [0.717, 1.165) is 54.0 Å². The molecule has 0 bridgehead atoms. The summed E-state index contributed by atoms with van der Waals surface area (Å²) in [6, 6.07) is 11.3. The van der Waals surface area contributed by atoms with Crippen LogP contribution in [0.5, 0.6) is 0 Å². The van der Waals surface area contributed by atoms with Gasteiger partial charge in [0, 0.05) is 55.5 Å². The zero-order chi connectivity index (χ0) is 24.8. The van der Waals surface area contributed by atoms with Gasteiger partial charge in [-0.3, -0.25) is 9.48 Å². The summed E-state index contributed by atoms with van der Waals surface area (Å²) in [5.41, 5.74) is 5.18. The summed E-state index contributed by atoms with van der Waals surface area (Å²) in [5.74, 6) is 0.184. The van der Waals surface area contributed by atoms with Crippen molar-refractivity contribution in [3.05, 3.63) is 65.7 Å². The molecule has 0 fully saturated rings. The largest absolute Gasteiger partial charge is 0.396 e. The lowest BCUT2D eigenvalue weighted by molar-refractivity contribution is 0.112. The van der Waals surface area contributed by atoms with Crippen molar-refractivity contribution >= 4 is 33.9 Å². The fourth-order valence-electron chi connectivity index (χ4n) is 5.31. The number of benzene rings is 2. The molecule has 36 heavy (non-hydrogen) atoms. The molecule has 0 aliphatic carbocycles. The van der Waals surface area contributed by atoms with Crippen LogP contribution < -0.4 is 4.90 Å². The zero-order valence-electron chi connectivity index (χ0n) is 20.1. The van der Waals surface area contributed by atoms with Gasteiger partial charge < -0.3 is 19.1 Å². The predicted octanol–water partition coefficient (Wildman–Crippen LogP) is 4.08. The van der Waals surface area contributed by atoms with Gasteiger partial charge in [0.15, 0.2) is 5.82 Å². The number of carbonyl (C=O) groups is 1. The molecule has 1 N–H and O–H groups in total. The van der Waals surface area contributed by atoms with Gasteiger partial charge in [-0.15, -0.1) is 0 Å². The van der Waals surface area contributed by atoms with Crippen molar-refractivity contribution in [2.24, 2.45) is 0 Å². The van der Waals surface area contributed by atoms with E-state index in [1.165, 1.54) is 6.07 Å². The summed E-state index contributed by atoms with van der Waals surface area (Å²) in [7, 11) is 0. The molecule has 2 aromatic carbocycles. The highest BCUT2D eigenvalue weighted by Gasteiger charge is 2.26. The van der Waals surface area contributed by atoms with Gasteiger partial charge in [-0.2, -0.15) is 5.10 Å². The summed E-state index contributed by atoms with van der Waals surface area (Å²) in [5, 5.41) is 14.8. The number of aromatic nitrogens is 5. The molecule has 1 aliphatic heterocycles. The minimum Gasteiger partial charge on any atom is -0.396 e. The third-order valence-corrected chi connectivity index (χ3v) is 6.95. The molecular weight excluding hydrogens is 459 g/mol. The molecular formula is C27H27FN6O2. The Morgan fingerprint density at radius 3 is 2.83 bits per heavy atom. The maximum absolute atomic E-state index is 15.4. The first-order valence-corrected chi connectivity index (χ1v) is 12.3. The third-order valence-electron chi connectivity index (χ3n) is 6.95. The second-order valence-corrected chi connectivity index (χ2v) is 9.17. The summed E-state index contributed by atoms with van der Waals surface area (Å²) < 4.78 is 21.3. The average molecular weight is 487 g/mol. The van der Waals surface area contributed by atoms with Gasteiger partial charge in [0.25, 0.3) is 0 Å². The second-order valence-electron chi connectivity index (χ2n) is 9.17. The number of carbonyl (C=O) groups excluding carboxylic acids is 1. The van der Waals surface area contributed by atoms with Gasteiger partial charge in [0.05, 0.1) is 35.2 Å². The maximum atomic E-state index is 15.4. The Kier molecular flexibility index (Phi) is 5.56. The quantitative estimate of drug-likeness (QED) is 0.335. The van der Waals surface area contributed by atoms with Crippen LogP contribution in [0.1, 0.15) is 29.3 Å². The summed E-state index contributed by atoms with van der Waals surface area (Å²) in [6.45, 7) is 5.68. The SMILES string of the molecule is CCn1cc(Cn2c(-c3cc4cccc5c4n3CCN5CCCO)nc3cc(C=O)cc(F)c32)cn1. The van der Waals surface area contributed by atoms with Crippen molar-refractivity contribution in [1.82, 2.24) is 23.9 Å². The number of rotatable bonds is 8. The van der Waals surface area contributed by atoms with Crippen LogP contribution in [0.4, 0.5) is 10.1 Å². The Labute approximate surface area is 207 Å². The summed E-state index contributed by atoms with van der Waals surface area (Å²) in [6.07, 6.45) is 5.12. The van der Waals surface area contributed by atoms with Crippen LogP contribution in [0.3, 0.4) is 0 Å². The van der Waals surface area contributed by atoms with Crippen LogP contribution in [-0.4, -0.2) is 55.0 Å². The van der Waals surface area contributed by atoms with E-state index in [9.17, 15) is 9.90 Å². The fraction of sp³-hybridized carbons (Fsp3) is 0.296. The molecule has 0 atom stereocenters. The predicted molar refractivity (Wildman–Crippen MR) is 137 cm³/mol. The lowest BCUT2D eigenvalue weighted by Gasteiger charge is -2.31. The molecule has 1 aliphatic rings. The number of hydrogen-bond donors (Lipinski definition) is 1. The number of imidazole rings is 1. The second kappa shape index (κ2) is 8.91. The number of fused-ring (bicyclic) bond motifs is 1. The summed E-state index contributed by atoms with van der Waals surface area (Å²) >= 11 is 0. The number of aldehydes is 1. The number of nitrogens with zero attached hydrogens (tertiary/aromatic N) is 6. The minimum atomic E-state index is -0.471. The first kappa shape index (κ1) is 22.5. The lowest BCUT2D eigenvalue weighted by atomic mass is 10.1. The third kappa shape index (κ3) is 3.58. The van der Waals surface area contributed by atoms with Gasteiger partial charge >= 0.3 is 0 Å². The number of aryl methyl sites for hydroxylation is 1. The van der Waals surface area contributed by atoms with E-state index in [1.54, 1.807) is 12.3 Å². The fourth-order valence-corrected chi connectivity index (χ4v) is 5.31. The Bertz CT molecular complexity index is 1600. The van der Waals surface area contributed by atoms with Gasteiger partial charge in [-0.1, -0.05) is 12.1 Å². The molecule has 0 amide bonds. The molecule has 184 valence electrons. The molecule has 4 heterocycles. The Morgan fingerprint density at radius 1 is 1.17 bits per heavy atom. The van der Waals surface area contributed by atoms with Gasteiger partial charge in [-0.25, -0.2) is 9.37 Å². The maximum Gasteiger partial charge on any atom is 0.158 e. The Balaban J connectivity index is 1.56. The number of aliphatic hydroxyl groups excluding tert-OH is 1. The van der Waals surface area contributed by atoms with Gasteiger partial charge in [0.1, 0.15) is 17.6 Å². The number of aliphatic hydroxyl groups is 1. The van der Waals surface area contributed by atoms with Crippen molar-refractivity contribution < 1.29 is 14.3 Å². The van der Waals surface area contributed by atoms with E-state index in [4.69, 9.17) is 4.98 Å². The van der Waals surface area contributed by atoms with E-state index < -0.39 is 5.82 Å². The molecule has 6 rings (SSSR count). The molecule has 8 nitrogen and oxygen atoms in total. The molecule has 0 saturated carbocycles. The average Bonchev–Trinajstić information content (AvgIpc) is 3.60. The first-order chi connectivity index (χ1) is 17.6. The lowest BCUT2D eigenvalue weighted by Crippen LogP contribution is -2.33. The van der Waals surface area contributed by atoms with E-state index in [1.807, 2.05) is 28.4 Å². The highest BCUT2D eigenvalue weighted by Crippen LogP contribution is 2.38. The van der Waals surface area contributed by atoms with Crippen molar-refractivity contribution in [3.63, 3.8) is 0 Å². The van der Waals surface area contributed by atoms with Gasteiger partial charge in [-0.05, 0) is 37.6 Å². The molecule has 0 radical (unpaired) electrons. The van der Waals surface area contributed by atoms with E-state index >= 15 is 4.39 Å². The molecule has 3 aromatic heterocycles. The van der Waals surface area contributed by atoms with Crippen LogP contribution >= 0.6 is 0 Å². The highest BCUT2D eigenvalue weighted by atomic mass is 19.1. The van der Waals surface area contributed by atoms with Crippen molar-refractivity contribution in [2.45, 2.75) is 33.0 Å². The van der Waals surface area contributed by atoms with E-state index in [-0.39, 0.29) is 12.2 Å². The highest BCUT2D eigenvalue weighted by molar-refractivity contribution is 5.97. The number of anilines is 1. The van der Waals surface area contributed by atoms with E-state index in [0.29, 0.717) is 36.1 Å². The van der Waals surface area contributed by atoms with Crippen LogP contribution in [-0.2, 0) is 19.6 Å². The monoisotopic (exact) mass is 486 g/mol. The van der Waals surface area contributed by atoms with Crippen LogP contribution in [0.2, 0.25) is 0 Å². The topological polar surface area (TPSA) is 81.1 Å². The van der Waals surface area contributed by atoms with Crippen LogP contribution in [0.15, 0.2) is 48.8 Å². The Hall–Kier alpha value is -3.98. The zero-order valence-corrected chi connectivity index (χ0v) is 20.1. The number of halogens is 1. The summed E-state index contributed by atoms with van der Waals surface area (Å²) in [4.78, 5) is 18.6. The smallest absolute Gasteiger partial charge is 0.158 e. The van der Waals surface area contributed by atoms with Crippen molar-refractivity contribution in [1.29, 1.82) is 0 Å². The molecule has 0 spiro atoms. The van der Waals surface area contributed by atoms with Crippen LogP contribution in [0.25, 0.3) is 33.5 Å². The van der Waals surface area contributed by atoms with Crippen molar-refractivity contribution in [3.8, 4) is 11.5 Å². The van der Waals surface area contributed by atoms with Crippen molar-refractivity contribution in [2.75, 3.05) is 24.6 Å². The first-order valence-electron chi connectivity index (χ1n) is 12.3. The number of hydrogen-bond acceptors (Lipinski definition) is 5. The molecule has 5 aromatic rings. The molecule has 9 heteroatoms. The van der Waals surface area contributed by atoms with Gasteiger partial charge in [0.2, 0.25) is 0 Å². The minimum absolute atomic E-state index is 0.158. The molecule has 0 unspecified atom stereocenters. The molecule has 0 saturated heterocycles. The number of para-hydroxylation sites is 1. The van der Waals surface area contributed by atoms with E-state index in [2.05, 4.69) is 32.8 Å². The standard InChI is InChI=1S/C27H27FN6O2/c1-2-32-15-19(14-29-32)16-34-26-21(28)11-18(17-36)12-22(26)30-27(34)24-13-20-5-3-6-23-25(20)33(24)9-8-31(23)7-4-10-35/h3,5-6,11-15,17,35H,2,4,7-10,16H2,1H3.